The standard InChI is InChI=1S/C14H16N4O3/c1-10(14(20)21)9-17(2)13(19)12-8-11(4-6-15-12)18-7-3-5-16-18/h3-8,10H,9H2,1-2H3,(H,20,21). The van der Waals surface area contributed by atoms with Gasteiger partial charge in [-0.2, -0.15) is 5.10 Å². The Labute approximate surface area is 121 Å². The molecule has 0 aliphatic carbocycles. The first kappa shape index (κ1) is 14.7. The van der Waals surface area contributed by atoms with Gasteiger partial charge in [-0.25, -0.2) is 4.68 Å². The first-order chi connectivity index (χ1) is 9.99. The lowest BCUT2D eigenvalue weighted by molar-refractivity contribution is -0.141. The Morgan fingerprint density at radius 1 is 1.43 bits per heavy atom. The van der Waals surface area contributed by atoms with Crippen LogP contribution in [0, 0.1) is 5.92 Å². The third kappa shape index (κ3) is 3.44. The summed E-state index contributed by atoms with van der Waals surface area (Å²) in [6.07, 6.45) is 4.93. The molecule has 0 aromatic carbocycles. The summed E-state index contributed by atoms with van der Waals surface area (Å²) < 4.78 is 1.62. The molecule has 0 radical (unpaired) electrons. The van der Waals surface area contributed by atoms with Gasteiger partial charge >= 0.3 is 5.97 Å². The molecule has 2 aromatic rings. The molecule has 0 saturated heterocycles. The zero-order chi connectivity index (χ0) is 15.4. The van der Waals surface area contributed by atoms with Crippen molar-refractivity contribution in [2.24, 2.45) is 5.92 Å². The third-order valence-electron chi connectivity index (χ3n) is 3.05. The molecule has 2 aromatic heterocycles. The smallest absolute Gasteiger partial charge is 0.308 e. The molecule has 21 heavy (non-hydrogen) atoms. The van der Waals surface area contributed by atoms with Crippen LogP contribution in [0.15, 0.2) is 36.8 Å². The normalized spacial score (nSPS) is 11.9. The van der Waals surface area contributed by atoms with Crippen molar-refractivity contribution in [1.29, 1.82) is 0 Å². The maximum Gasteiger partial charge on any atom is 0.308 e. The van der Waals surface area contributed by atoms with E-state index in [0.717, 1.165) is 5.69 Å². The summed E-state index contributed by atoms with van der Waals surface area (Å²) in [6.45, 7) is 1.68. The number of aliphatic carboxylic acids is 1. The highest BCUT2D eigenvalue weighted by atomic mass is 16.4. The van der Waals surface area contributed by atoms with Crippen LogP contribution in [0.5, 0.6) is 0 Å². The van der Waals surface area contributed by atoms with Crippen LogP contribution in [0.25, 0.3) is 5.69 Å². The summed E-state index contributed by atoms with van der Waals surface area (Å²) in [7, 11) is 1.56. The van der Waals surface area contributed by atoms with Gasteiger partial charge in [-0.15, -0.1) is 0 Å². The first-order valence-corrected chi connectivity index (χ1v) is 6.43. The van der Waals surface area contributed by atoms with Crippen molar-refractivity contribution < 1.29 is 14.7 Å². The van der Waals surface area contributed by atoms with Gasteiger partial charge < -0.3 is 10.0 Å². The molecule has 0 bridgehead atoms. The molecule has 0 fully saturated rings. The lowest BCUT2D eigenvalue weighted by atomic mass is 10.1. The van der Waals surface area contributed by atoms with E-state index in [1.54, 1.807) is 49.2 Å². The van der Waals surface area contributed by atoms with E-state index in [2.05, 4.69) is 10.1 Å². The van der Waals surface area contributed by atoms with Gasteiger partial charge in [-0.3, -0.25) is 14.6 Å². The monoisotopic (exact) mass is 288 g/mol. The van der Waals surface area contributed by atoms with E-state index in [4.69, 9.17) is 5.11 Å². The molecular weight excluding hydrogens is 272 g/mol. The highest BCUT2D eigenvalue weighted by molar-refractivity contribution is 5.92. The molecule has 2 heterocycles. The second kappa shape index (κ2) is 6.17. The van der Waals surface area contributed by atoms with E-state index in [0.29, 0.717) is 0 Å². The summed E-state index contributed by atoms with van der Waals surface area (Å²) in [6, 6.07) is 5.14. The number of aromatic nitrogens is 3. The number of hydrogen-bond acceptors (Lipinski definition) is 4. The summed E-state index contributed by atoms with van der Waals surface area (Å²) in [5.74, 6) is -1.89. The Kier molecular flexibility index (Phi) is 4.32. The van der Waals surface area contributed by atoms with Crippen molar-refractivity contribution in [2.45, 2.75) is 6.92 Å². The minimum atomic E-state index is -0.937. The highest BCUT2D eigenvalue weighted by Gasteiger charge is 2.19. The number of carbonyl (C=O) groups is 2. The third-order valence-corrected chi connectivity index (χ3v) is 3.05. The van der Waals surface area contributed by atoms with Gasteiger partial charge in [-0.1, -0.05) is 6.92 Å². The number of pyridine rings is 1. The predicted molar refractivity (Wildman–Crippen MR) is 75.1 cm³/mol. The van der Waals surface area contributed by atoms with Crippen molar-refractivity contribution in [3.63, 3.8) is 0 Å². The van der Waals surface area contributed by atoms with Crippen LogP contribution in [0.1, 0.15) is 17.4 Å². The Bertz CT molecular complexity index is 639. The second-order valence-corrected chi connectivity index (χ2v) is 4.77. The first-order valence-electron chi connectivity index (χ1n) is 6.43. The Morgan fingerprint density at radius 3 is 2.81 bits per heavy atom. The molecule has 7 heteroatoms. The number of carboxylic acids is 1. The lowest BCUT2D eigenvalue weighted by Gasteiger charge is -2.19. The van der Waals surface area contributed by atoms with Crippen LogP contribution in [0.2, 0.25) is 0 Å². The quantitative estimate of drug-likeness (QED) is 0.888. The van der Waals surface area contributed by atoms with Crippen molar-refractivity contribution >= 4 is 11.9 Å². The molecule has 0 saturated carbocycles. The van der Waals surface area contributed by atoms with Crippen molar-refractivity contribution in [1.82, 2.24) is 19.7 Å². The summed E-state index contributed by atoms with van der Waals surface area (Å²) in [5, 5.41) is 13.0. The van der Waals surface area contributed by atoms with Crippen molar-refractivity contribution in [3.8, 4) is 5.69 Å². The van der Waals surface area contributed by atoms with Crippen LogP contribution >= 0.6 is 0 Å². The molecule has 0 aliphatic heterocycles. The van der Waals surface area contributed by atoms with Gasteiger partial charge in [-0.05, 0) is 18.2 Å². The van der Waals surface area contributed by atoms with E-state index in [1.165, 1.54) is 11.1 Å². The molecule has 1 amide bonds. The maximum atomic E-state index is 12.3. The van der Waals surface area contributed by atoms with Crippen LogP contribution in [-0.4, -0.2) is 50.2 Å². The minimum absolute atomic E-state index is 0.127. The van der Waals surface area contributed by atoms with E-state index >= 15 is 0 Å². The summed E-state index contributed by atoms with van der Waals surface area (Å²) >= 11 is 0. The number of hydrogen-bond donors (Lipinski definition) is 1. The van der Waals surface area contributed by atoms with Crippen LogP contribution < -0.4 is 0 Å². The fraction of sp³-hybridized carbons (Fsp3) is 0.286. The van der Waals surface area contributed by atoms with Gasteiger partial charge in [0, 0.05) is 32.2 Å². The van der Waals surface area contributed by atoms with E-state index in [1.807, 2.05) is 0 Å². The van der Waals surface area contributed by atoms with Gasteiger partial charge in [0.1, 0.15) is 5.69 Å². The average Bonchev–Trinajstić information content (AvgIpc) is 3.00. The Balaban J connectivity index is 2.16. The summed E-state index contributed by atoms with van der Waals surface area (Å²) in [5.41, 5.74) is 0.973. The molecule has 0 spiro atoms. The fourth-order valence-corrected chi connectivity index (χ4v) is 1.87. The van der Waals surface area contributed by atoms with Crippen molar-refractivity contribution in [3.05, 3.63) is 42.5 Å². The summed E-state index contributed by atoms with van der Waals surface area (Å²) in [4.78, 5) is 28.5. The Morgan fingerprint density at radius 2 is 2.19 bits per heavy atom. The minimum Gasteiger partial charge on any atom is -0.481 e. The van der Waals surface area contributed by atoms with Gasteiger partial charge in [0.05, 0.1) is 11.6 Å². The highest BCUT2D eigenvalue weighted by Crippen LogP contribution is 2.10. The zero-order valence-corrected chi connectivity index (χ0v) is 11.8. The lowest BCUT2D eigenvalue weighted by Crippen LogP contribution is -2.34. The molecule has 1 unspecified atom stereocenters. The molecular formula is C14H16N4O3. The number of amides is 1. The molecule has 0 aliphatic rings. The van der Waals surface area contributed by atoms with Gasteiger partial charge in [0.2, 0.25) is 0 Å². The number of carbonyl (C=O) groups excluding carboxylic acids is 1. The topological polar surface area (TPSA) is 88.3 Å². The molecule has 7 nitrogen and oxygen atoms in total. The van der Waals surface area contributed by atoms with Gasteiger partial charge in [0.15, 0.2) is 0 Å². The molecule has 1 atom stereocenters. The molecule has 2 rings (SSSR count). The number of nitrogens with zero attached hydrogens (tertiary/aromatic N) is 4. The molecule has 1 N–H and O–H groups in total. The SMILES string of the molecule is CC(CN(C)C(=O)c1cc(-n2cccn2)ccn1)C(=O)O. The van der Waals surface area contributed by atoms with Crippen LogP contribution in [-0.2, 0) is 4.79 Å². The van der Waals surface area contributed by atoms with E-state index in [-0.39, 0.29) is 18.1 Å². The number of rotatable bonds is 5. The zero-order valence-electron chi connectivity index (χ0n) is 11.8. The van der Waals surface area contributed by atoms with E-state index < -0.39 is 11.9 Å². The largest absolute Gasteiger partial charge is 0.481 e. The second-order valence-electron chi connectivity index (χ2n) is 4.77. The maximum absolute atomic E-state index is 12.3. The molecule has 110 valence electrons. The fourth-order valence-electron chi connectivity index (χ4n) is 1.87. The van der Waals surface area contributed by atoms with Crippen molar-refractivity contribution in [2.75, 3.05) is 13.6 Å². The van der Waals surface area contributed by atoms with Gasteiger partial charge in [0.25, 0.3) is 5.91 Å². The average molecular weight is 288 g/mol. The number of carboxylic acid groups (broad SMARTS) is 1. The van der Waals surface area contributed by atoms with Crippen LogP contribution in [0.3, 0.4) is 0 Å². The van der Waals surface area contributed by atoms with Crippen LogP contribution in [0.4, 0.5) is 0 Å². The predicted octanol–water partition coefficient (Wildman–Crippen LogP) is 1.06. The van der Waals surface area contributed by atoms with E-state index in [9.17, 15) is 9.59 Å². The Hall–Kier alpha value is -2.70.